The molecule has 1 atom stereocenters. The van der Waals surface area contributed by atoms with Gasteiger partial charge in [-0.15, -0.1) is 0 Å². The van der Waals surface area contributed by atoms with E-state index in [1.807, 2.05) is 30.3 Å². The van der Waals surface area contributed by atoms with Crippen molar-refractivity contribution in [3.63, 3.8) is 0 Å². The van der Waals surface area contributed by atoms with E-state index >= 15 is 0 Å². The van der Waals surface area contributed by atoms with Gasteiger partial charge in [-0.1, -0.05) is 42.5 Å². The lowest BCUT2D eigenvalue weighted by molar-refractivity contribution is -0.126. The molecule has 0 aliphatic carbocycles. The predicted molar refractivity (Wildman–Crippen MR) is 79.7 cm³/mol. The highest BCUT2D eigenvalue weighted by Gasteiger charge is 2.23. The van der Waals surface area contributed by atoms with Crippen molar-refractivity contribution < 1.29 is 19.4 Å². The maximum Gasteiger partial charge on any atom is 0.170 e. The Morgan fingerprint density at radius 1 is 1.05 bits per heavy atom. The molecule has 0 aliphatic heterocycles. The summed E-state index contributed by atoms with van der Waals surface area (Å²) in [5, 5.41) is 10.3. The first-order chi connectivity index (χ1) is 10.2. The Kier molecular flexibility index (Phi) is 4.95. The molecule has 4 nitrogen and oxygen atoms in total. The van der Waals surface area contributed by atoms with Crippen molar-refractivity contribution in [2.45, 2.75) is 12.5 Å². The van der Waals surface area contributed by atoms with Crippen LogP contribution in [-0.4, -0.2) is 25.1 Å². The van der Waals surface area contributed by atoms with Gasteiger partial charge in [0.1, 0.15) is 6.10 Å². The number of aliphatic hydroxyl groups is 1. The van der Waals surface area contributed by atoms with Crippen LogP contribution in [0.15, 0.2) is 48.5 Å². The van der Waals surface area contributed by atoms with E-state index in [9.17, 15) is 9.90 Å². The maximum atomic E-state index is 12.2. The number of hydrogen-bond acceptors (Lipinski definition) is 4. The molecule has 110 valence electrons. The first-order valence-electron chi connectivity index (χ1n) is 6.63. The van der Waals surface area contributed by atoms with Gasteiger partial charge in [0.15, 0.2) is 17.3 Å². The summed E-state index contributed by atoms with van der Waals surface area (Å²) in [5.41, 5.74) is 1.28. The smallest absolute Gasteiger partial charge is 0.170 e. The van der Waals surface area contributed by atoms with Crippen LogP contribution in [-0.2, 0) is 11.2 Å². The number of methoxy groups -OCH3 is 2. The SMILES string of the molecule is COc1cccc([C@@H](O)C(=O)Cc2ccccc2)c1OC. The first kappa shape index (κ1) is 15.1. The van der Waals surface area contributed by atoms with Crippen molar-refractivity contribution in [3.05, 3.63) is 59.7 Å². The van der Waals surface area contributed by atoms with Gasteiger partial charge in [-0.3, -0.25) is 4.79 Å². The molecule has 0 aliphatic rings. The number of Topliss-reactive ketones (excluding diaryl/α,β-unsaturated/α-hetero) is 1. The Balaban J connectivity index is 2.23. The van der Waals surface area contributed by atoms with Gasteiger partial charge in [0, 0.05) is 12.0 Å². The van der Waals surface area contributed by atoms with E-state index in [2.05, 4.69) is 0 Å². The largest absolute Gasteiger partial charge is 0.493 e. The lowest BCUT2D eigenvalue weighted by Gasteiger charge is -2.16. The number of carbonyl (C=O) groups excluding carboxylic acids is 1. The number of ether oxygens (including phenoxy) is 2. The third-order valence-electron chi connectivity index (χ3n) is 3.25. The third-order valence-corrected chi connectivity index (χ3v) is 3.25. The molecule has 0 heterocycles. The normalized spacial score (nSPS) is 11.8. The molecule has 0 amide bonds. The van der Waals surface area contributed by atoms with Gasteiger partial charge >= 0.3 is 0 Å². The molecular weight excluding hydrogens is 268 g/mol. The lowest BCUT2D eigenvalue weighted by atomic mass is 9.99. The first-order valence-corrected chi connectivity index (χ1v) is 6.63. The van der Waals surface area contributed by atoms with Gasteiger partial charge in [-0.2, -0.15) is 0 Å². The van der Waals surface area contributed by atoms with Crippen LogP contribution >= 0.6 is 0 Å². The number of para-hydroxylation sites is 1. The molecule has 2 aromatic rings. The minimum atomic E-state index is -1.24. The number of benzene rings is 2. The molecular formula is C17H18O4. The minimum absolute atomic E-state index is 0.169. The quantitative estimate of drug-likeness (QED) is 0.886. The van der Waals surface area contributed by atoms with Crippen LogP contribution in [0.4, 0.5) is 0 Å². The van der Waals surface area contributed by atoms with Gasteiger partial charge in [0.05, 0.1) is 14.2 Å². The van der Waals surface area contributed by atoms with Crippen LogP contribution in [0.3, 0.4) is 0 Å². The highest BCUT2D eigenvalue weighted by atomic mass is 16.5. The molecule has 0 unspecified atom stereocenters. The average Bonchev–Trinajstić information content (AvgIpc) is 2.54. The van der Waals surface area contributed by atoms with Crippen LogP contribution < -0.4 is 9.47 Å². The van der Waals surface area contributed by atoms with Crippen molar-refractivity contribution in [3.8, 4) is 11.5 Å². The zero-order valence-corrected chi connectivity index (χ0v) is 12.1. The molecule has 0 fully saturated rings. The van der Waals surface area contributed by atoms with Crippen molar-refractivity contribution in [1.29, 1.82) is 0 Å². The summed E-state index contributed by atoms with van der Waals surface area (Å²) in [5.74, 6) is 0.586. The van der Waals surface area contributed by atoms with E-state index in [0.29, 0.717) is 17.1 Å². The molecule has 0 saturated carbocycles. The van der Waals surface area contributed by atoms with Gasteiger partial charge in [-0.25, -0.2) is 0 Å². The fourth-order valence-electron chi connectivity index (χ4n) is 2.19. The molecule has 0 aromatic heterocycles. The van der Waals surface area contributed by atoms with Crippen molar-refractivity contribution in [2.75, 3.05) is 14.2 Å². The molecule has 21 heavy (non-hydrogen) atoms. The summed E-state index contributed by atoms with van der Waals surface area (Å²) in [6.07, 6.45) is -1.07. The molecule has 1 N–H and O–H groups in total. The Labute approximate surface area is 123 Å². The molecule has 0 radical (unpaired) electrons. The maximum absolute atomic E-state index is 12.2. The van der Waals surface area contributed by atoms with Gasteiger partial charge in [0.2, 0.25) is 0 Å². The fourth-order valence-corrected chi connectivity index (χ4v) is 2.19. The Bertz CT molecular complexity index is 607. The summed E-state index contributed by atoms with van der Waals surface area (Å²) < 4.78 is 10.4. The lowest BCUT2D eigenvalue weighted by Crippen LogP contribution is -2.15. The highest BCUT2D eigenvalue weighted by Crippen LogP contribution is 2.35. The van der Waals surface area contributed by atoms with Crippen LogP contribution in [0.5, 0.6) is 11.5 Å². The van der Waals surface area contributed by atoms with E-state index in [4.69, 9.17) is 9.47 Å². The summed E-state index contributed by atoms with van der Waals surface area (Å²) in [7, 11) is 3.00. The van der Waals surface area contributed by atoms with E-state index in [1.165, 1.54) is 14.2 Å². The molecule has 2 aromatic carbocycles. The zero-order valence-electron chi connectivity index (χ0n) is 12.1. The van der Waals surface area contributed by atoms with Crippen molar-refractivity contribution in [2.24, 2.45) is 0 Å². The topological polar surface area (TPSA) is 55.8 Å². The Morgan fingerprint density at radius 3 is 2.38 bits per heavy atom. The number of ketones is 1. The van der Waals surface area contributed by atoms with Crippen molar-refractivity contribution >= 4 is 5.78 Å². The zero-order chi connectivity index (χ0) is 15.2. The number of hydrogen-bond donors (Lipinski definition) is 1. The summed E-state index contributed by atoms with van der Waals surface area (Å²) >= 11 is 0. The fraction of sp³-hybridized carbons (Fsp3) is 0.235. The Hall–Kier alpha value is -2.33. The van der Waals surface area contributed by atoms with E-state index < -0.39 is 6.10 Å². The van der Waals surface area contributed by atoms with Crippen LogP contribution in [0.2, 0.25) is 0 Å². The van der Waals surface area contributed by atoms with Crippen LogP contribution in [0.1, 0.15) is 17.2 Å². The van der Waals surface area contributed by atoms with E-state index in [1.54, 1.807) is 18.2 Å². The number of carbonyl (C=O) groups is 1. The molecule has 2 rings (SSSR count). The second-order valence-corrected chi connectivity index (χ2v) is 4.61. The van der Waals surface area contributed by atoms with Crippen LogP contribution in [0, 0.1) is 0 Å². The van der Waals surface area contributed by atoms with Gasteiger partial charge in [-0.05, 0) is 11.6 Å². The summed E-state index contributed by atoms with van der Waals surface area (Å²) in [6.45, 7) is 0. The summed E-state index contributed by atoms with van der Waals surface area (Å²) in [4.78, 5) is 12.2. The number of rotatable bonds is 6. The summed E-state index contributed by atoms with van der Waals surface area (Å²) in [6, 6.07) is 14.4. The van der Waals surface area contributed by atoms with Gasteiger partial charge in [0.25, 0.3) is 0 Å². The third kappa shape index (κ3) is 3.41. The standard InChI is InChI=1S/C17H18O4/c1-20-15-10-6-9-13(17(15)21-2)16(19)14(18)11-12-7-4-3-5-8-12/h3-10,16,19H,11H2,1-2H3/t16-/m1/s1. The Morgan fingerprint density at radius 2 is 1.76 bits per heavy atom. The second-order valence-electron chi connectivity index (χ2n) is 4.61. The molecule has 4 heteroatoms. The number of aliphatic hydroxyl groups excluding tert-OH is 1. The molecule has 0 spiro atoms. The van der Waals surface area contributed by atoms with E-state index in [0.717, 1.165) is 5.56 Å². The van der Waals surface area contributed by atoms with E-state index in [-0.39, 0.29) is 12.2 Å². The second kappa shape index (κ2) is 6.90. The monoisotopic (exact) mass is 286 g/mol. The highest BCUT2D eigenvalue weighted by molar-refractivity contribution is 5.87. The molecule has 0 bridgehead atoms. The van der Waals surface area contributed by atoms with Gasteiger partial charge < -0.3 is 14.6 Å². The van der Waals surface area contributed by atoms with Crippen molar-refractivity contribution in [1.82, 2.24) is 0 Å². The minimum Gasteiger partial charge on any atom is -0.493 e. The van der Waals surface area contributed by atoms with Crippen LogP contribution in [0.25, 0.3) is 0 Å². The molecule has 0 saturated heterocycles. The average molecular weight is 286 g/mol. The predicted octanol–water partition coefficient (Wildman–Crippen LogP) is 2.55.